The van der Waals surface area contributed by atoms with Crippen molar-refractivity contribution in [2.75, 3.05) is 6.54 Å². The highest BCUT2D eigenvalue weighted by Crippen LogP contribution is 2.17. The van der Waals surface area contributed by atoms with Crippen molar-refractivity contribution >= 4 is 29.9 Å². The average Bonchev–Trinajstić information content (AvgIpc) is 2.90. The Bertz CT molecular complexity index is 372. The molecule has 0 aliphatic heterocycles. The lowest BCUT2D eigenvalue weighted by atomic mass is 10.2. The van der Waals surface area contributed by atoms with Crippen LogP contribution in [0.1, 0.15) is 38.2 Å². The van der Waals surface area contributed by atoms with Crippen molar-refractivity contribution < 1.29 is 0 Å². The minimum absolute atomic E-state index is 0. The molecule has 0 saturated heterocycles. The summed E-state index contributed by atoms with van der Waals surface area (Å²) in [5.74, 6) is 0.952. The highest BCUT2D eigenvalue weighted by atomic mass is 127. The Morgan fingerprint density at radius 1 is 1.21 bits per heavy atom. The first-order chi connectivity index (χ1) is 8.88. The van der Waals surface area contributed by atoms with Crippen molar-refractivity contribution in [3.05, 3.63) is 35.9 Å². The molecule has 1 aliphatic rings. The minimum atomic E-state index is 0. The number of rotatable bonds is 4. The van der Waals surface area contributed by atoms with Crippen LogP contribution in [0.3, 0.4) is 0 Å². The van der Waals surface area contributed by atoms with Crippen LogP contribution in [0.25, 0.3) is 0 Å². The maximum absolute atomic E-state index is 4.64. The van der Waals surface area contributed by atoms with Gasteiger partial charge in [-0.1, -0.05) is 43.2 Å². The molecule has 2 N–H and O–H groups in total. The van der Waals surface area contributed by atoms with Crippen molar-refractivity contribution in [2.45, 2.75) is 45.2 Å². The van der Waals surface area contributed by atoms with Gasteiger partial charge in [-0.05, 0) is 25.3 Å². The topological polar surface area (TPSA) is 36.4 Å². The van der Waals surface area contributed by atoms with Crippen molar-refractivity contribution in [2.24, 2.45) is 4.99 Å². The van der Waals surface area contributed by atoms with Crippen LogP contribution in [0.2, 0.25) is 0 Å². The van der Waals surface area contributed by atoms with Crippen LogP contribution in [-0.2, 0) is 6.54 Å². The van der Waals surface area contributed by atoms with Gasteiger partial charge in [-0.25, -0.2) is 4.99 Å². The SMILES string of the molecule is CCNC(=NCc1ccccc1)NC1CCCC1.I. The van der Waals surface area contributed by atoms with Gasteiger partial charge >= 0.3 is 0 Å². The number of hydrogen-bond acceptors (Lipinski definition) is 1. The van der Waals surface area contributed by atoms with Crippen molar-refractivity contribution in [1.29, 1.82) is 0 Å². The molecule has 0 unspecified atom stereocenters. The molecule has 19 heavy (non-hydrogen) atoms. The third-order valence-electron chi connectivity index (χ3n) is 3.30. The number of guanidine groups is 1. The summed E-state index contributed by atoms with van der Waals surface area (Å²) in [4.78, 5) is 4.64. The monoisotopic (exact) mass is 373 g/mol. The van der Waals surface area contributed by atoms with Gasteiger partial charge in [-0.2, -0.15) is 0 Å². The van der Waals surface area contributed by atoms with Gasteiger partial charge in [0.2, 0.25) is 0 Å². The maximum Gasteiger partial charge on any atom is 0.191 e. The second kappa shape index (κ2) is 9.18. The Kier molecular flexibility index (Phi) is 7.86. The summed E-state index contributed by atoms with van der Waals surface area (Å²) in [7, 11) is 0. The zero-order chi connectivity index (χ0) is 12.6. The first kappa shape index (κ1) is 16.3. The highest BCUT2D eigenvalue weighted by Gasteiger charge is 2.15. The summed E-state index contributed by atoms with van der Waals surface area (Å²) in [6.45, 7) is 3.75. The summed E-state index contributed by atoms with van der Waals surface area (Å²) in [5, 5.41) is 6.84. The third-order valence-corrected chi connectivity index (χ3v) is 3.30. The fraction of sp³-hybridized carbons (Fsp3) is 0.533. The molecule has 1 aliphatic carbocycles. The molecule has 4 heteroatoms. The molecule has 1 aromatic rings. The van der Waals surface area contributed by atoms with E-state index in [1.165, 1.54) is 31.2 Å². The first-order valence-electron chi connectivity index (χ1n) is 6.97. The summed E-state index contributed by atoms with van der Waals surface area (Å²) in [6, 6.07) is 11.0. The Balaban J connectivity index is 0.00000180. The van der Waals surface area contributed by atoms with Gasteiger partial charge < -0.3 is 10.6 Å². The van der Waals surface area contributed by atoms with E-state index in [2.05, 4.69) is 46.8 Å². The van der Waals surface area contributed by atoms with Gasteiger partial charge in [-0.3, -0.25) is 0 Å². The van der Waals surface area contributed by atoms with E-state index in [9.17, 15) is 0 Å². The van der Waals surface area contributed by atoms with E-state index in [0.717, 1.165) is 19.0 Å². The van der Waals surface area contributed by atoms with Gasteiger partial charge in [0, 0.05) is 12.6 Å². The smallest absolute Gasteiger partial charge is 0.191 e. The quantitative estimate of drug-likeness (QED) is 0.483. The molecule has 0 heterocycles. The molecule has 2 rings (SSSR count). The number of nitrogens with one attached hydrogen (secondary N) is 2. The standard InChI is InChI=1S/C15H23N3.HI/c1-2-16-15(18-14-10-6-7-11-14)17-12-13-8-4-3-5-9-13;/h3-5,8-9,14H,2,6-7,10-12H2,1H3,(H2,16,17,18);1H. The summed E-state index contributed by atoms with van der Waals surface area (Å²) < 4.78 is 0. The maximum atomic E-state index is 4.64. The van der Waals surface area contributed by atoms with E-state index in [1.807, 2.05) is 6.07 Å². The van der Waals surface area contributed by atoms with Crippen molar-refractivity contribution in [3.8, 4) is 0 Å². The van der Waals surface area contributed by atoms with Crippen LogP contribution >= 0.6 is 24.0 Å². The number of benzene rings is 1. The molecule has 0 spiro atoms. The second-order valence-electron chi connectivity index (χ2n) is 4.81. The largest absolute Gasteiger partial charge is 0.357 e. The first-order valence-corrected chi connectivity index (χ1v) is 6.97. The van der Waals surface area contributed by atoms with Crippen molar-refractivity contribution in [3.63, 3.8) is 0 Å². The Morgan fingerprint density at radius 2 is 1.89 bits per heavy atom. The van der Waals surface area contributed by atoms with Crippen LogP contribution in [0.4, 0.5) is 0 Å². The zero-order valence-corrected chi connectivity index (χ0v) is 13.9. The van der Waals surface area contributed by atoms with E-state index in [1.54, 1.807) is 0 Å². The third kappa shape index (κ3) is 5.80. The molecule has 0 radical (unpaired) electrons. The van der Waals surface area contributed by atoms with Gasteiger partial charge in [-0.15, -0.1) is 24.0 Å². The second-order valence-corrected chi connectivity index (χ2v) is 4.81. The lowest BCUT2D eigenvalue weighted by Crippen LogP contribution is -2.42. The van der Waals surface area contributed by atoms with E-state index in [-0.39, 0.29) is 24.0 Å². The Hall–Kier alpha value is -0.780. The van der Waals surface area contributed by atoms with Gasteiger partial charge in [0.05, 0.1) is 6.54 Å². The zero-order valence-electron chi connectivity index (χ0n) is 11.6. The Labute approximate surface area is 133 Å². The van der Waals surface area contributed by atoms with Gasteiger partial charge in [0.25, 0.3) is 0 Å². The average molecular weight is 373 g/mol. The van der Waals surface area contributed by atoms with Crippen LogP contribution in [0.15, 0.2) is 35.3 Å². The molecular weight excluding hydrogens is 349 g/mol. The van der Waals surface area contributed by atoms with Crippen molar-refractivity contribution in [1.82, 2.24) is 10.6 Å². The lowest BCUT2D eigenvalue weighted by molar-refractivity contribution is 0.614. The lowest BCUT2D eigenvalue weighted by Gasteiger charge is -2.16. The van der Waals surface area contributed by atoms with E-state index >= 15 is 0 Å². The van der Waals surface area contributed by atoms with E-state index < -0.39 is 0 Å². The molecule has 0 aromatic heterocycles. The van der Waals surface area contributed by atoms with E-state index in [4.69, 9.17) is 0 Å². The number of aliphatic imine (C=N–C) groups is 1. The summed E-state index contributed by atoms with van der Waals surface area (Å²) >= 11 is 0. The molecule has 3 nitrogen and oxygen atoms in total. The molecule has 106 valence electrons. The molecule has 0 amide bonds. The Morgan fingerprint density at radius 3 is 2.53 bits per heavy atom. The molecule has 1 fully saturated rings. The van der Waals surface area contributed by atoms with Crippen LogP contribution < -0.4 is 10.6 Å². The van der Waals surface area contributed by atoms with Gasteiger partial charge in [0.1, 0.15) is 0 Å². The molecule has 1 saturated carbocycles. The van der Waals surface area contributed by atoms with Gasteiger partial charge in [0.15, 0.2) is 5.96 Å². The normalized spacial score (nSPS) is 15.9. The molecule has 0 bridgehead atoms. The van der Waals surface area contributed by atoms with Crippen LogP contribution in [-0.4, -0.2) is 18.5 Å². The van der Waals surface area contributed by atoms with E-state index in [0.29, 0.717) is 6.04 Å². The molecule has 1 aromatic carbocycles. The predicted molar refractivity (Wildman–Crippen MR) is 92.1 cm³/mol. The number of nitrogens with zero attached hydrogens (tertiary/aromatic N) is 1. The minimum Gasteiger partial charge on any atom is -0.357 e. The van der Waals surface area contributed by atoms with Crippen LogP contribution in [0, 0.1) is 0 Å². The summed E-state index contributed by atoms with van der Waals surface area (Å²) in [6.07, 6.45) is 5.23. The number of halogens is 1. The predicted octanol–water partition coefficient (Wildman–Crippen LogP) is 3.30. The summed E-state index contributed by atoms with van der Waals surface area (Å²) in [5.41, 5.74) is 1.25. The number of hydrogen-bond donors (Lipinski definition) is 2. The molecular formula is C15H24IN3. The fourth-order valence-corrected chi connectivity index (χ4v) is 2.34. The molecule has 0 atom stereocenters. The highest BCUT2D eigenvalue weighted by molar-refractivity contribution is 14.0. The fourth-order valence-electron chi connectivity index (χ4n) is 2.34. The van der Waals surface area contributed by atoms with Crippen LogP contribution in [0.5, 0.6) is 0 Å².